The Labute approximate surface area is 101 Å². The van der Waals surface area contributed by atoms with E-state index in [1.165, 1.54) is 0 Å². The second-order valence-corrected chi connectivity index (χ2v) is 4.18. The van der Waals surface area contributed by atoms with E-state index >= 15 is 0 Å². The maximum atomic E-state index is 6.22. The highest BCUT2D eigenvalue weighted by Crippen LogP contribution is 2.40. The number of halogens is 1. The monoisotopic (exact) mass is 243 g/mol. The molecule has 16 heavy (non-hydrogen) atoms. The molecule has 2 N–H and O–H groups in total. The van der Waals surface area contributed by atoms with E-state index in [9.17, 15) is 0 Å². The molecule has 0 aliphatic carbocycles. The van der Waals surface area contributed by atoms with Gasteiger partial charge >= 0.3 is 0 Å². The van der Waals surface area contributed by atoms with Crippen molar-refractivity contribution in [2.24, 2.45) is 5.73 Å². The predicted octanol–water partition coefficient (Wildman–Crippen LogP) is 2.73. The van der Waals surface area contributed by atoms with E-state index in [0.717, 1.165) is 16.9 Å². The number of ether oxygens (including phenoxy) is 2. The third-order valence-electron chi connectivity index (χ3n) is 2.75. The Morgan fingerprint density at radius 1 is 1.38 bits per heavy atom. The number of nitrogens with two attached hydrogens (primary N) is 1. The SMILES string of the molecule is COc1cc(Cl)c(C(C)CN)c(C)c1OC. The van der Waals surface area contributed by atoms with Crippen molar-refractivity contribution in [1.82, 2.24) is 0 Å². The smallest absolute Gasteiger partial charge is 0.164 e. The van der Waals surface area contributed by atoms with Crippen LogP contribution in [0, 0.1) is 6.92 Å². The summed E-state index contributed by atoms with van der Waals surface area (Å²) < 4.78 is 10.6. The maximum Gasteiger partial charge on any atom is 0.164 e. The molecule has 0 aliphatic rings. The summed E-state index contributed by atoms with van der Waals surface area (Å²) in [5.41, 5.74) is 7.69. The summed E-state index contributed by atoms with van der Waals surface area (Å²) in [7, 11) is 3.22. The van der Waals surface area contributed by atoms with Crippen molar-refractivity contribution in [1.29, 1.82) is 0 Å². The van der Waals surface area contributed by atoms with Gasteiger partial charge in [-0.15, -0.1) is 0 Å². The quantitative estimate of drug-likeness (QED) is 0.885. The Bertz CT molecular complexity index is 380. The fraction of sp³-hybridized carbons (Fsp3) is 0.500. The molecule has 0 saturated heterocycles. The van der Waals surface area contributed by atoms with Gasteiger partial charge in [0.2, 0.25) is 0 Å². The standard InChI is InChI=1S/C12H18ClNO2/c1-7(6-14)11-8(2)12(16-4)10(15-3)5-9(11)13/h5,7H,6,14H2,1-4H3. The van der Waals surface area contributed by atoms with E-state index in [1.807, 2.05) is 13.8 Å². The Kier molecular flexibility index (Phi) is 4.44. The molecule has 1 unspecified atom stereocenters. The first-order valence-electron chi connectivity index (χ1n) is 5.17. The molecule has 1 rings (SSSR count). The number of hydrogen-bond acceptors (Lipinski definition) is 3. The number of benzene rings is 1. The van der Waals surface area contributed by atoms with E-state index < -0.39 is 0 Å². The molecule has 0 amide bonds. The minimum Gasteiger partial charge on any atom is -0.493 e. The van der Waals surface area contributed by atoms with Crippen LogP contribution in [0.2, 0.25) is 5.02 Å². The summed E-state index contributed by atoms with van der Waals surface area (Å²) in [4.78, 5) is 0. The molecular weight excluding hydrogens is 226 g/mol. The van der Waals surface area contributed by atoms with E-state index in [2.05, 4.69) is 0 Å². The second-order valence-electron chi connectivity index (χ2n) is 3.77. The van der Waals surface area contributed by atoms with E-state index in [4.69, 9.17) is 26.8 Å². The number of hydrogen-bond donors (Lipinski definition) is 1. The molecule has 0 bridgehead atoms. The second kappa shape index (κ2) is 5.41. The summed E-state index contributed by atoms with van der Waals surface area (Å²) in [6, 6.07) is 1.77. The lowest BCUT2D eigenvalue weighted by Gasteiger charge is -2.19. The lowest BCUT2D eigenvalue weighted by molar-refractivity contribution is 0.352. The van der Waals surface area contributed by atoms with Crippen LogP contribution in [0.3, 0.4) is 0 Å². The number of rotatable bonds is 4. The van der Waals surface area contributed by atoms with Crippen molar-refractivity contribution in [3.05, 3.63) is 22.2 Å². The molecule has 1 aromatic rings. The fourth-order valence-electron chi connectivity index (χ4n) is 1.87. The lowest BCUT2D eigenvalue weighted by atomic mass is 9.95. The minimum atomic E-state index is 0.201. The van der Waals surface area contributed by atoms with Gasteiger partial charge in [-0.05, 0) is 30.5 Å². The first-order valence-corrected chi connectivity index (χ1v) is 5.55. The topological polar surface area (TPSA) is 44.5 Å². The number of methoxy groups -OCH3 is 2. The van der Waals surface area contributed by atoms with Gasteiger partial charge in [0.05, 0.1) is 14.2 Å². The molecule has 0 aliphatic heterocycles. The highest BCUT2D eigenvalue weighted by atomic mass is 35.5. The van der Waals surface area contributed by atoms with Crippen LogP contribution in [0.25, 0.3) is 0 Å². The van der Waals surface area contributed by atoms with Crippen molar-refractivity contribution in [2.75, 3.05) is 20.8 Å². The van der Waals surface area contributed by atoms with Crippen LogP contribution in [0.1, 0.15) is 24.0 Å². The van der Waals surface area contributed by atoms with Gasteiger partial charge in [-0.1, -0.05) is 18.5 Å². The first-order chi connectivity index (χ1) is 7.56. The molecule has 4 heteroatoms. The van der Waals surface area contributed by atoms with Crippen molar-refractivity contribution < 1.29 is 9.47 Å². The molecule has 0 heterocycles. The first kappa shape index (κ1) is 13.1. The van der Waals surface area contributed by atoms with Crippen molar-refractivity contribution in [3.63, 3.8) is 0 Å². The molecule has 0 radical (unpaired) electrons. The van der Waals surface area contributed by atoms with Gasteiger partial charge in [-0.2, -0.15) is 0 Å². The minimum absolute atomic E-state index is 0.201. The largest absolute Gasteiger partial charge is 0.493 e. The average molecular weight is 244 g/mol. The Hall–Kier alpha value is -0.930. The van der Waals surface area contributed by atoms with E-state index in [1.54, 1.807) is 20.3 Å². The molecule has 0 spiro atoms. The van der Waals surface area contributed by atoms with Crippen molar-refractivity contribution >= 4 is 11.6 Å². The fourth-order valence-corrected chi connectivity index (χ4v) is 2.30. The van der Waals surface area contributed by atoms with Crippen LogP contribution in [-0.2, 0) is 0 Å². The normalized spacial score (nSPS) is 12.4. The van der Waals surface area contributed by atoms with Gasteiger partial charge in [-0.3, -0.25) is 0 Å². The molecule has 1 aromatic carbocycles. The van der Waals surface area contributed by atoms with Gasteiger partial charge < -0.3 is 15.2 Å². The molecular formula is C12H18ClNO2. The maximum absolute atomic E-state index is 6.22. The van der Waals surface area contributed by atoms with E-state index in [0.29, 0.717) is 17.3 Å². The zero-order chi connectivity index (χ0) is 12.3. The predicted molar refractivity (Wildman–Crippen MR) is 66.8 cm³/mol. The zero-order valence-corrected chi connectivity index (χ0v) is 10.9. The molecule has 90 valence electrons. The Morgan fingerprint density at radius 3 is 2.44 bits per heavy atom. The highest BCUT2D eigenvalue weighted by molar-refractivity contribution is 6.31. The van der Waals surface area contributed by atoms with Crippen molar-refractivity contribution in [2.45, 2.75) is 19.8 Å². The molecule has 0 saturated carbocycles. The third-order valence-corrected chi connectivity index (χ3v) is 3.07. The molecule has 1 atom stereocenters. The molecule has 0 aromatic heterocycles. The van der Waals surface area contributed by atoms with Gasteiger partial charge in [0, 0.05) is 11.1 Å². The Balaban J connectivity index is 3.40. The summed E-state index contributed by atoms with van der Waals surface area (Å²) in [6.45, 7) is 4.56. The van der Waals surface area contributed by atoms with Gasteiger partial charge in [0.1, 0.15) is 0 Å². The zero-order valence-electron chi connectivity index (χ0n) is 10.1. The van der Waals surface area contributed by atoms with Crippen LogP contribution >= 0.6 is 11.6 Å². The van der Waals surface area contributed by atoms with Gasteiger partial charge in [0.25, 0.3) is 0 Å². The van der Waals surface area contributed by atoms with Crippen LogP contribution in [0.4, 0.5) is 0 Å². The van der Waals surface area contributed by atoms with E-state index in [-0.39, 0.29) is 5.92 Å². The van der Waals surface area contributed by atoms with Crippen LogP contribution in [0.5, 0.6) is 11.5 Å². The summed E-state index contributed by atoms with van der Waals surface area (Å²) in [5.74, 6) is 1.58. The van der Waals surface area contributed by atoms with Crippen LogP contribution in [-0.4, -0.2) is 20.8 Å². The highest BCUT2D eigenvalue weighted by Gasteiger charge is 2.18. The van der Waals surface area contributed by atoms with Gasteiger partial charge in [-0.25, -0.2) is 0 Å². The summed E-state index contributed by atoms with van der Waals surface area (Å²) in [6.07, 6.45) is 0. The molecule has 0 fully saturated rings. The average Bonchev–Trinajstić information content (AvgIpc) is 2.27. The van der Waals surface area contributed by atoms with Crippen LogP contribution in [0.15, 0.2) is 6.07 Å². The lowest BCUT2D eigenvalue weighted by Crippen LogP contribution is -2.11. The Morgan fingerprint density at radius 2 is 2.00 bits per heavy atom. The van der Waals surface area contributed by atoms with Crippen LogP contribution < -0.4 is 15.2 Å². The van der Waals surface area contributed by atoms with Crippen molar-refractivity contribution in [3.8, 4) is 11.5 Å². The summed E-state index contributed by atoms with van der Waals surface area (Å²) >= 11 is 6.22. The molecule has 3 nitrogen and oxygen atoms in total. The van der Waals surface area contributed by atoms with Gasteiger partial charge in [0.15, 0.2) is 11.5 Å². The summed E-state index contributed by atoms with van der Waals surface area (Å²) in [5, 5.41) is 0.674. The third kappa shape index (κ3) is 2.25.